The first-order valence-electron chi connectivity index (χ1n) is 12.1. The number of amides is 4. The number of likely N-dealkylation sites (N-methyl/N-ethyl adjacent to an activating group) is 1. The van der Waals surface area contributed by atoms with Crippen molar-refractivity contribution in [3.8, 4) is 0 Å². The molecule has 0 unspecified atom stereocenters. The van der Waals surface area contributed by atoms with E-state index in [1.54, 1.807) is 39.1 Å². The van der Waals surface area contributed by atoms with E-state index < -0.39 is 47.5 Å². The number of carbonyl (C=O) groups excluding carboxylic acids is 3. The van der Waals surface area contributed by atoms with Gasteiger partial charge in [-0.3, -0.25) is 24.1 Å². The number of carbonyl (C=O) groups is 3. The lowest BCUT2D eigenvalue weighted by molar-refractivity contribution is -0.156. The van der Waals surface area contributed by atoms with Gasteiger partial charge in [0, 0.05) is 31.4 Å². The molecule has 0 bridgehead atoms. The lowest BCUT2D eigenvalue weighted by atomic mass is 9.81. The van der Waals surface area contributed by atoms with Gasteiger partial charge >= 0.3 is 6.03 Å². The molecule has 0 radical (unpaired) electrons. The van der Waals surface area contributed by atoms with Crippen LogP contribution in [-0.4, -0.2) is 50.6 Å². The van der Waals surface area contributed by atoms with Crippen LogP contribution in [0.5, 0.6) is 0 Å². The van der Waals surface area contributed by atoms with E-state index in [9.17, 15) is 23.2 Å². The van der Waals surface area contributed by atoms with Gasteiger partial charge in [-0.25, -0.2) is 18.6 Å². The van der Waals surface area contributed by atoms with Crippen LogP contribution < -0.4 is 16.0 Å². The first-order chi connectivity index (χ1) is 18.0. The number of nitrogen functional groups attached to an aromatic ring is 1. The van der Waals surface area contributed by atoms with Gasteiger partial charge in [0.15, 0.2) is 11.6 Å². The lowest BCUT2D eigenvalue weighted by Crippen LogP contribution is -2.70. The minimum Gasteiger partial charge on any atom is -0.384 e. The van der Waals surface area contributed by atoms with Crippen molar-refractivity contribution >= 4 is 29.5 Å². The largest absolute Gasteiger partial charge is 0.384 e. The van der Waals surface area contributed by atoms with Crippen molar-refractivity contribution in [2.24, 2.45) is 13.0 Å². The summed E-state index contributed by atoms with van der Waals surface area (Å²) in [6, 6.07) is 5.76. The molecule has 3 N–H and O–H groups in total. The number of β-lactam (4-membered cyclic amide) rings is 1. The van der Waals surface area contributed by atoms with E-state index >= 15 is 0 Å². The summed E-state index contributed by atoms with van der Waals surface area (Å²) in [7, 11) is 3.19. The number of aryl methyl sites for hydroxylation is 2. The summed E-state index contributed by atoms with van der Waals surface area (Å²) in [5.41, 5.74) is 7.16. The molecule has 1 saturated heterocycles. The normalized spacial score (nSPS) is 17.6. The van der Waals surface area contributed by atoms with Gasteiger partial charge in [-0.1, -0.05) is 19.1 Å². The summed E-state index contributed by atoms with van der Waals surface area (Å²) < 4.78 is 29.8. The Morgan fingerprint density at radius 3 is 2.61 bits per heavy atom. The summed E-state index contributed by atoms with van der Waals surface area (Å²) in [6.45, 7) is 3.45. The van der Waals surface area contributed by atoms with Crippen molar-refractivity contribution in [1.29, 1.82) is 0 Å². The number of nitrogens with one attached hydrogen (secondary N) is 1. The molecule has 4 rings (SSSR count). The monoisotopic (exact) mass is 525 g/mol. The fourth-order valence-corrected chi connectivity index (χ4v) is 4.81. The first-order valence-corrected chi connectivity index (χ1v) is 12.1. The second kappa shape index (κ2) is 10.6. The van der Waals surface area contributed by atoms with Crippen LogP contribution >= 0.6 is 0 Å². The number of imide groups is 1. The molecule has 3 heterocycles. The highest BCUT2D eigenvalue weighted by molar-refractivity contribution is 6.12. The van der Waals surface area contributed by atoms with Gasteiger partial charge in [-0.15, -0.1) is 0 Å². The Kier molecular flexibility index (Phi) is 7.42. The first kappa shape index (κ1) is 26.7. The number of likely N-dealkylation sites (tertiary alicyclic amines) is 1. The summed E-state index contributed by atoms with van der Waals surface area (Å²) in [4.78, 5) is 46.6. The molecule has 12 heteroatoms. The molecular formula is C26H29F2N7O3. The smallest absolute Gasteiger partial charge is 0.325 e. The van der Waals surface area contributed by atoms with E-state index in [-0.39, 0.29) is 24.2 Å². The molecule has 1 aromatic carbocycles. The fourth-order valence-electron chi connectivity index (χ4n) is 4.81. The quantitative estimate of drug-likeness (QED) is 0.457. The third-order valence-corrected chi connectivity index (χ3v) is 6.71. The SMILES string of the molecule is CC[C@@H](NC(=O)N1C(=O)[C@H](Cc2cc(C)nc(N)c2)[C@H]1C(=O)N(C)c1ccnn1C)c1cccc(F)c1F. The Morgan fingerprint density at radius 1 is 1.24 bits per heavy atom. The van der Waals surface area contributed by atoms with Crippen molar-refractivity contribution in [2.75, 3.05) is 17.7 Å². The number of rotatable bonds is 7. The highest BCUT2D eigenvalue weighted by Crippen LogP contribution is 2.34. The van der Waals surface area contributed by atoms with Crippen molar-refractivity contribution in [1.82, 2.24) is 25.0 Å². The topological polar surface area (TPSA) is 126 Å². The summed E-state index contributed by atoms with van der Waals surface area (Å²) in [5.74, 6) is -3.31. The summed E-state index contributed by atoms with van der Waals surface area (Å²) in [6.07, 6.45) is 1.90. The minimum absolute atomic E-state index is 0.0528. The van der Waals surface area contributed by atoms with Crippen molar-refractivity contribution in [3.05, 3.63) is 71.1 Å². The third-order valence-electron chi connectivity index (χ3n) is 6.71. The van der Waals surface area contributed by atoms with Crippen molar-refractivity contribution in [2.45, 2.75) is 38.8 Å². The zero-order chi connectivity index (χ0) is 27.7. The number of hydrogen-bond acceptors (Lipinski definition) is 6. The van der Waals surface area contributed by atoms with Crippen LogP contribution in [-0.2, 0) is 23.1 Å². The van der Waals surface area contributed by atoms with E-state index in [1.165, 1.54) is 35.0 Å². The average molecular weight is 526 g/mol. The predicted octanol–water partition coefficient (Wildman–Crippen LogP) is 2.88. The Balaban J connectivity index is 1.63. The fraction of sp³-hybridized carbons (Fsp3) is 0.346. The van der Waals surface area contributed by atoms with Crippen LogP contribution in [0.25, 0.3) is 0 Å². The maximum atomic E-state index is 14.4. The molecule has 0 aliphatic carbocycles. The number of halogens is 2. The molecule has 38 heavy (non-hydrogen) atoms. The van der Waals surface area contributed by atoms with Crippen molar-refractivity contribution < 1.29 is 23.2 Å². The van der Waals surface area contributed by atoms with Crippen LogP contribution in [0, 0.1) is 24.5 Å². The maximum Gasteiger partial charge on any atom is 0.325 e. The number of pyridine rings is 1. The minimum atomic E-state index is -1.15. The Morgan fingerprint density at radius 2 is 1.97 bits per heavy atom. The van der Waals surface area contributed by atoms with E-state index in [2.05, 4.69) is 15.4 Å². The van der Waals surface area contributed by atoms with Crippen LogP contribution in [0.15, 0.2) is 42.6 Å². The van der Waals surface area contributed by atoms with Gasteiger partial charge in [-0.05, 0) is 43.5 Å². The molecule has 3 atom stereocenters. The Labute approximate surface area is 218 Å². The van der Waals surface area contributed by atoms with Gasteiger partial charge in [0.05, 0.1) is 18.2 Å². The number of aromatic nitrogens is 3. The zero-order valence-corrected chi connectivity index (χ0v) is 21.5. The predicted molar refractivity (Wildman–Crippen MR) is 136 cm³/mol. The maximum absolute atomic E-state index is 14.4. The van der Waals surface area contributed by atoms with Gasteiger partial charge < -0.3 is 11.1 Å². The Hall–Kier alpha value is -4.35. The molecule has 10 nitrogen and oxygen atoms in total. The molecule has 1 aliphatic rings. The van der Waals surface area contributed by atoms with Crippen LogP contribution in [0.3, 0.4) is 0 Å². The number of anilines is 2. The van der Waals surface area contributed by atoms with Gasteiger partial charge in [0.25, 0.3) is 5.91 Å². The van der Waals surface area contributed by atoms with Gasteiger partial charge in [0.2, 0.25) is 5.91 Å². The third kappa shape index (κ3) is 4.93. The summed E-state index contributed by atoms with van der Waals surface area (Å²) in [5, 5.41) is 6.67. The highest BCUT2D eigenvalue weighted by atomic mass is 19.2. The molecule has 0 spiro atoms. The number of benzene rings is 1. The highest BCUT2D eigenvalue weighted by Gasteiger charge is 2.55. The lowest BCUT2D eigenvalue weighted by Gasteiger charge is -2.46. The van der Waals surface area contributed by atoms with Crippen LogP contribution in [0.4, 0.5) is 25.2 Å². The molecule has 0 saturated carbocycles. The second-order valence-electron chi connectivity index (χ2n) is 9.27. The standard InChI is InChI=1S/C26H29F2N7O3/c1-5-19(16-7-6-8-18(27)22(16)28)32-26(38)35-23(25(37)33(3)21-9-10-30-34(21)4)17(24(35)36)12-15-11-14(2)31-20(29)13-15/h6-11,13,17,19,23H,5,12H2,1-4H3,(H2,29,31)(H,32,38)/t17-,19-,23+/m1/s1. The van der Waals surface area contributed by atoms with Crippen molar-refractivity contribution in [3.63, 3.8) is 0 Å². The molecule has 1 aliphatic heterocycles. The molecule has 3 aromatic rings. The van der Waals surface area contributed by atoms with Gasteiger partial charge in [-0.2, -0.15) is 5.10 Å². The number of nitrogens with zero attached hydrogens (tertiary/aromatic N) is 5. The number of urea groups is 1. The molecule has 2 aromatic heterocycles. The molecule has 200 valence electrons. The average Bonchev–Trinajstić information content (AvgIpc) is 3.30. The molecule has 1 fully saturated rings. The molecular weight excluding hydrogens is 496 g/mol. The second-order valence-corrected chi connectivity index (χ2v) is 9.27. The van der Waals surface area contributed by atoms with Crippen LogP contribution in [0.2, 0.25) is 0 Å². The summed E-state index contributed by atoms with van der Waals surface area (Å²) >= 11 is 0. The van der Waals surface area contributed by atoms with E-state index in [1.807, 2.05) is 0 Å². The van der Waals surface area contributed by atoms with E-state index in [0.29, 0.717) is 17.1 Å². The molecule has 4 amide bonds. The number of nitrogens with two attached hydrogens (primary N) is 1. The van der Waals surface area contributed by atoms with Crippen LogP contribution in [0.1, 0.15) is 36.2 Å². The van der Waals surface area contributed by atoms with E-state index in [4.69, 9.17) is 5.73 Å². The van der Waals surface area contributed by atoms with E-state index in [0.717, 1.165) is 11.0 Å². The Bertz CT molecular complexity index is 1370. The van der Waals surface area contributed by atoms with Gasteiger partial charge in [0.1, 0.15) is 17.7 Å². The number of hydrogen-bond donors (Lipinski definition) is 2. The zero-order valence-electron chi connectivity index (χ0n) is 21.5.